The summed E-state index contributed by atoms with van der Waals surface area (Å²) >= 11 is 0. The molecule has 4 N–H and O–H groups in total. The molecule has 0 aliphatic heterocycles. The Bertz CT molecular complexity index is 32.5. The summed E-state index contributed by atoms with van der Waals surface area (Å²) in [4.78, 5) is 7.10. The molecule has 0 rings (SSSR count). The first kappa shape index (κ1) is 9.18. The highest BCUT2D eigenvalue weighted by Crippen LogP contribution is 1.66. The summed E-state index contributed by atoms with van der Waals surface area (Å²) < 4.78 is 8.57. The minimum atomic E-state index is -1.50. The van der Waals surface area contributed by atoms with Gasteiger partial charge in [-0.25, -0.2) is 0 Å². The molecule has 1 atom stereocenters. The summed E-state index contributed by atoms with van der Waals surface area (Å²) in [7, 11) is -1.50. The largest absolute Gasteiger partial charge is 0.390 e. The van der Waals surface area contributed by atoms with Gasteiger partial charge in [0, 0.05) is 0 Å². The van der Waals surface area contributed by atoms with Crippen molar-refractivity contribution in [3.05, 3.63) is 0 Å². The zero-order valence-corrected chi connectivity index (χ0v) is 4.24. The third-order valence-corrected chi connectivity index (χ3v) is 0. The first-order valence-electron chi connectivity index (χ1n) is 1.12. The molecule has 0 aromatic heterocycles. The molecule has 0 amide bonds. The third kappa shape index (κ3) is 224. The van der Waals surface area contributed by atoms with Gasteiger partial charge in [0.05, 0.1) is 6.34 Å². The molecule has 0 radical (unpaired) electrons. The second-order valence-electron chi connectivity index (χ2n) is 0.272. The molecule has 0 aliphatic carbocycles. The number of nitrogens with two attached hydrogens (primary N) is 1. The van der Waals surface area contributed by atoms with Crippen molar-refractivity contribution >= 4 is 15.0 Å². The molecule has 0 aromatic carbocycles. The van der Waals surface area contributed by atoms with Crippen LogP contribution in [0.3, 0.4) is 0 Å². The van der Waals surface area contributed by atoms with Crippen LogP contribution in [0.15, 0.2) is 0 Å². The van der Waals surface area contributed by atoms with Crippen LogP contribution in [0.4, 0.5) is 0 Å². The maximum absolute atomic E-state index is 8.57. The summed E-state index contributed by atoms with van der Waals surface area (Å²) in [6, 6.07) is 0. The second-order valence-corrected chi connectivity index (χ2v) is 0.483. The second kappa shape index (κ2) is 22.7. The maximum atomic E-state index is 8.57. The molecule has 38 valence electrons. The van der Waals surface area contributed by atoms with E-state index in [9.17, 15) is 0 Å². The van der Waals surface area contributed by atoms with Crippen molar-refractivity contribution in [2.45, 2.75) is 0 Å². The summed E-state index contributed by atoms with van der Waals surface area (Å²) in [6.45, 7) is 0. The van der Waals surface area contributed by atoms with Crippen LogP contribution >= 0.6 is 8.69 Å². The first-order chi connectivity index (χ1) is 2.83. The molecule has 0 fully saturated rings. The van der Waals surface area contributed by atoms with Gasteiger partial charge in [0.15, 0.2) is 8.69 Å². The molecule has 6 heavy (non-hydrogen) atoms. The molecular formula is CH7N2O2P. The fourth-order valence-corrected chi connectivity index (χ4v) is 0. The molecule has 0 heterocycles. The van der Waals surface area contributed by atoms with Crippen LogP contribution in [0.25, 0.3) is 0 Å². The molecule has 0 saturated heterocycles. The summed E-state index contributed by atoms with van der Waals surface area (Å²) in [5.41, 5.74) is 4.39. The minimum absolute atomic E-state index is 0.750. The standard InChI is InChI=1S/CH4N2.H3O2P/c2-1-3;1-3-2/h1H,(H3,2,3);3H2,(H,1,2). The van der Waals surface area contributed by atoms with Crippen LogP contribution in [0.5, 0.6) is 0 Å². The molecule has 0 spiro atoms. The van der Waals surface area contributed by atoms with Crippen LogP contribution in [0.2, 0.25) is 0 Å². The highest BCUT2D eigenvalue weighted by atomic mass is 31.1. The normalized spacial score (nSPS) is 6.83. The van der Waals surface area contributed by atoms with Gasteiger partial charge in [-0.15, -0.1) is 0 Å². The monoisotopic (exact) mass is 110 g/mol. The van der Waals surface area contributed by atoms with E-state index in [4.69, 9.17) is 14.9 Å². The van der Waals surface area contributed by atoms with Crippen molar-refractivity contribution in [1.29, 1.82) is 5.41 Å². The smallest absolute Gasteiger partial charge is 0.177 e. The topological polar surface area (TPSA) is 87.2 Å². The van der Waals surface area contributed by atoms with E-state index in [0.29, 0.717) is 0 Å². The van der Waals surface area contributed by atoms with Crippen LogP contribution < -0.4 is 5.73 Å². The van der Waals surface area contributed by atoms with Gasteiger partial charge in [-0.05, 0) is 0 Å². The van der Waals surface area contributed by atoms with Gasteiger partial charge in [0.1, 0.15) is 0 Å². The predicted molar refractivity (Wildman–Crippen MR) is 25.6 cm³/mol. The number of rotatable bonds is 0. The van der Waals surface area contributed by atoms with Crippen molar-refractivity contribution < 1.29 is 9.46 Å². The lowest BCUT2D eigenvalue weighted by molar-refractivity contribution is 0.524. The Labute approximate surface area is 36.8 Å². The van der Waals surface area contributed by atoms with Crippen LogP contribution in [0, 0.1) is 5.41 Å². The Balaban J connectivity index is 0. The van der Waals surface area contributed by atoms with Crippen molar-refractivity contribution in [2.24, 2.45) is 5.73 Å². The Morgan fingerprint density at radius 1 is 2.00 bits per heavy atom. The van der Waals surface area contributed by atoms with Crippen molar-refractivity contribution in [3.8, 4) is 0 Å². The molecule has 0 saturated carbocycles. The highest BCUT2D eigenvalue weighted by Gasteiger charge is 1.17. The van der Waals surface area contributed by atoms with E-state index >= 15 is 0 Å². The Morgan fingerprint density at radius 2 is 2.00 bits per heavy atom. The molecule has 0 aromatic rings. The maximum Gasteiger partial charge on any atom is 0.177 e. The van der Waals surface area contributed by atoms with E-state index in [1.165, 1.54) is 0 Å². The Hall–Kier alpha value is -0.340. The molecule has 5 heteroatoms. The molecular weight excluding hydrogens is 103 g/mol. The van der Waals surface area contributed by atoms with Gasteiger partial charge in [0.25, 0.3) is 0 Å². The minimum Gasteiger partial charge on any atom is -0.390 e. The van der Waals surface area contributed by atoms with Crippen LogP contribution in [0.1, 0.15) is 0 Å². The number of hydrogen-bond donors (Lipinski definition) is 3. The van der Waals surface area contributed by atoms with E-state index in [0.717, 1.165) is 6.34 Å². The quantitative estimate of drug-likeness (QED) is 0.217. The van der Waals surface area contributed by atoms with Gasteiger partial charge >= 0.3 is 0 Å². The van der Waals surface area contributed by atoms with Gasteiger partial charge in [-0.1, -0.05) is 0 Å². The summed E-state index contributed by atoms with van der Waals surface area (Å²) in [5, 5.41) is 5.86. The van der Waals surface area contributed by atoms with Gasteiger partial charge in [0.2, 0.25) is 0 Å². The average molecular weight is 110 g/mol. The Kier molecular flexibility index (Phi) is 34.6. The molecule has 1 unspecified atom stereocenters. The highest BCUT2D eigenvalue weighted by molar-refractivity contribution is 7.16. The Morgan fingerprint density at radius 3 is 2.00 bits per heavy atom. The van der Waals surface area contributed by atoms with Crippen LogP contribution in [-0.2, 0) is 4.57 Å². The summed E-state index contributed by atoms with van der Waals surface area (Å²) in [6.07, 6.45) is 0.750. The third-order valence-electron chi connectivity index (χ3n) is 0. The van der Waals surface area contributed by atoms with Crippen LogP contribution in [-0.4, -0.2) is 11.2 Å². The van der Waals surface area contributed by atoms with E-state index < -0.39 is 8.69 Å². The van der Waals surface area contributed by atoms with E-state index in [1.54, 1.807) is 0 Å². The van der Waals surface area contributed by atoms with E-state index in [1.807, 2.05) is 0 Å². The number of nitrogens with one attached hydrogen (secondary N) is 1. The first-order valence-corrected chi connectivity index (χ1v) is 2.10. The van der Waals surface area contributed by atoms with Crippen molar-refractivity contribution in [2.75, 3.05) is 0 Å². The van der Waals surface area contributed by atoms with E-state index in [2.05, 4.69) is 5.73 Å². The lowest BCUT2D eigenvalue weighted by Gasteiger charge is -1.38. The van der Waals surface area contributed by atoms with Gasteiger partial charge in [-0.3, -0.25) is 9.97 Å². The molecule has 0 bridgehead atoms. The molecule has 0 aliphatic rings. The zero-order valence-electron chi connectivity index (χ0n) is 3.09. The SMILES string of the molecule is N=CN.O=[PH2]O. The fourth-order valence-electron chi connectivity index (χ4n) is 0. The lowest BCUT2D eigenvalue weighted by atomic mass is 11.4. The van der Waals surface area contributed by atoms with Gasteiger partial charge < -0.3 is 10.6 Å². The van der Waals surface area contributed by atoms with Crippen molar-refractivity contribution in [3.63, 3.8) is 0 Å². The van der Waals surface area contributed by atoms with E-state index in [-0.39, 0.29) is 0 Å². The lowest BCUT2D eigenvalue weighted by Crippen LogP contribution is -1.81. The predicted octanol–water partition coefficient (Wildman–Crippen LogP) is -0.798. The summed E-state index contributed by atoms with van der Waals surface area (Å²) in [5.74, 6) is 0. The molecule has 4 nitrogen and oxygen atoms in total. The fraction of sp³-hybridized carbons (Fsp3) is 0. The van der Waals surface area contributed by atoms with Gasteiger partial charge in [-0.2, -0.15) is 0 Å². The average Bonchev–Trinajstić information content (AvgIpc) is 1.39. The van der Waals surface area contributed by atoms with Crippen molar-refractivity contribution in [1.82, 2.24) is 0 Å². The number of hydrogen-bond acceptors (Lipinski definition) is 2. The zero-order chi connectivity index (χ0) is 5.41.